The van der Waals surface area contributed by atoms with Crippen LogP contribution in [0.4, 0.5) is 0 Å². The average molecular weight is 172 g/mol. The van der Waals surface area contributed by atoms with E-state index in [1.54, 1.807) is 0 Å². The van der Waals surface area contributed by atoms with E-state index in [0.717, 1.165) is 12.2 Å². The Labute approximate surface area is 77.8 Å². The van der Waals surface area contributed by atoms with Crippen LogP contribution in [0.3, 0.4) is 0 Å². The van der Waals surface area contributed by atoms with E-state index < -0.39 is 0 Å². The summed E-state index contributed by atoms with van der Waals surface area (Å²) in [7, 11) is 0. The summed E-state index contributed by atoms with van der Waals surface area (Å²) < 4.78 is 0. The zero-order valence-corrected chi connectivity index (χ0v) is 7.38. The van der Waals surface area contributed by atoms with Crippen molar-refractivity contribution >= 4 is 6.08 Å². The molecule has 0 spiro atoms. The highest BCUT2D eigenvalue weighted by atomic mass is 14.9. The van der Waals surface area contributed by atoms with Crippen molar-refractivity contribution in [2.75, 3.05) is 0 Å². The molecule has 0 aromatic heterocycles. The first-order valence-electron chi connectivity index (χ1n) is 4.25. The van der Waals surface area contributed by atoms with Gasteiger partial charge >= 0.3 is 0 Å². The summed E-state index contributed by atoms with van der Waals surface area (Å²) in [5.74, 6) is 0. The minimum atomic E-state index is 0.592. The van der Waals surface area contributed by atoms with Gasteiger partial charge in [-0.2, -0.15) is 0 Å². The molecule has 0 saturated heterocycles. The van der Waals surface area contributed by atoms with Crippen molar-refractivity contribution in [2.45, 2.75) is 6.54 Å². The maximum Gasteiger partial charge on any atom is 0.0576 e. The Hall–Kier alpha value is -1.70. The summed E-state index contributed by atoms with van der Waals surface area (Å²) in [6.45, 7) is 4.53. The second-order valence-corrected chi connectivity index (χ2v) is 3.14. The number of nitrogens with one attached hydrogen (secondary N) is 1. The number of benzene rings is 1. The number of rotatable bonds is 1. The molecular formula is C11H12N2. The Morgan fingerprint density at radius 3 is 2.92 bits per heavy atom. The molecule has 66 valence electrons. The average Bonchev–Trinajstić information content (AvgIpc) is 2.17. The van der Waals surface area contributed by atoms with Crippen molar-refractivity contribution in [3.05, 3.63) is 53.4 Å². The van der Waals surface area contributed by atoms with E-state index in [1.807, 2.05) is 18.2 Å². The molecule has 2 rings (SSSR count). The van der Waals surface area contributed by atoms with Gasteiger partial charge in [0, 0.05) is 12.2 Å². The van der Waals surface area contributed by atoms with Crippen LogP contribution in [-0.2, 0) is 6.54 Å². The van der Waals surface area contributed by atoms with Gasteiger partial charge in [-0.3, -0.25) is 0 Å². The van der Waals surface area contributed by atoms with Crippen LogP contribution in [0.15, 0.2) is 42.2 Å². The zero-order chi connectivity index (χ0) is 9.26. The van der Waals surface area contributed by atoms with Crippen LogP contribution in [0.25, 0.3) is 6.08 Å². The second kappa shape index (κ2) is 2.98. The van der Waals surface area contributed by atoms with Crippen molar-refractivity contribution < 1.29 is 0 Å². The highest BCUT2D eigenvalue weighted by molar-refractivity contribution is 5.62. The van der Waals surface area contributed by atoms with Crippen LogP contribution >= 0.6 is 0 Å². The Balaban J connectivity index is 2.44. The van der Waals surface area contributed by atoms with Gasteiger partial charge in [0.2, 0.25) is 0 Å². The van der Waals surface area contributed by atoms with E-state index in [0.29, 0.717) is 5.70 Å². The van der Waals surface area contributed by atoms with Gasteiger partial charge in [0.05, 0.1) is 5.70 Å². The van der Waals surface area contributed by atoms with Crippen molar-refractivity contribution in [3.63, 3.8) is 0 Å². The van der Waals surface area contributed by atoms with E-state index in [4.69, 9.17) is 5.73 Å². The molecule has 0 amide bonds. The van der Waals surface area contributed by atoms with Gasteiger partial charge in [0.1, 0.15) is 0 Å². The smallest absolute Gasteiger partial charge is 0.0576 e. The summed E-state index contributed by atoms with van der Waals surface area (Å²) in [5.41, 5.74) is 9.64. The molecule has 2 nitrogen and oxygen atoms in total. The topological polar surface area (TPSA) is 38.0 Å². The maximum atomic E-state index is 5.60. The summed E-state index contributed by atoms with van der Waals surface area (Å²) >= 11 is 0. The predicted molar refractivity (Wildman–Crippen MR) is 54.6 cm³/mol. The van der Waals surface area contributed by atoms with Crippen LogP contribution in [-0.4, -0.2) is 0 Å². The van der Waals surface area contributed by atoms with Gasteiger partial charge in [-0.25, -0.2) is 0 Å². The molecule has 2 heteroatoms. The predicted octanol–water partition coefficient (Wildman–Crippen LogP) is 1.60. The molecule has 0 unspecified atom stereocenters. The Morgan fingerprint density at radius 2 is 2.15 bits per heavy atom. The fourth-order valence-corrected chi connectivity index (χ4v) is 1.44. The molecular weight excluding hydrogens is 160 g/mol. The summed E-state index contributed by atoms with van der Waals surface area (Å²) in [6.07, 6.45) is 2.03. The first-order valence-corrected chi connectivity index (χ1v) is 4.25. The Kier molecular flexibility index (Phi) is 1.81. The molecule has 0 aliphatic carbocycles. The third kappa shape index (κ3) is 1.43. The molecule has 1 aliphatic rings. The van der Waals surface area contributed by atoms with Crippen molar-refractivity contribution in [1.82, 2.24) is 5.32 Å². The number of fused-ring (bicyclic) bond motifs is 1. The highest BCUT2D eigenvalue weighted by Crippen LogP contribution is 2.18. The van der Waals surface area contributed by atoms with Crippen LogP contribution in [0, 0.1) is 0 Å². The lowest BCUT2D eigenvalue weighted by Crippen LogP contribution is -2.21. The van der Waals surface area contributed by atoms with E-state index in [2.05, 4.69) is 24.0 Å². The van der Waals surface area contributed by atoms with Gasteiger partial charge in [0.15, 0.2) is 0 Å². The maximum absolute atomic E-state index is 5.60. The van der Waals surface area contributed by atoms with Gasteiger partial charge < -0.3 is 11.1 Å². The zero-order valence-electron chi connectivity index (χ0n) is 7.38. The molecule has 1 aromatic carbocycles. The normalized spacial score (nSPS) is 14.0. The van der Waals surface area contributed by atoms with Gasteiger partial charge in [-0.1, -0.05) is 30.8 Å². The standard InChI is InChI=1S/C11H12N2/c1-8(12)11-6-9-4-2-3-5-10(9)7-13-11/h2-6,13H,1,7,12H2. The third-order valence-corrected chi connectivity index (χ3v) is 2.17. The minimum absolute atomic E-state index is 0.592. The number of hydrogen-bond acceptors (Lipinski definition) is 2. The summed E-state index contributed by atoms with van der Waals surface area (Å²) in [6, 6.07) is 8.25. The first-order chi connectivity index (χ1) is 6.27. The molecule has 13 heavy (non-hydrogen) atoms. The first kappa shape index (κ1) is 7.92. The fourth-order valence-electron chi connectivity index (χ4n) is 1.44. The molecule has 0 saturated carbocycles. The number of nitrogens with two attached hydrogens (primary N) is 1. The van der Waals surface area contributed by atoms with E-state index >= 15 is 0 Å². The molecule has 3 N–H and O–H groups in total. The van der Waals surface area contributed by atoms with Crippen molar-refractivity contribution in [1.29, 1.82) is 0 Å². The van der Waals surface area contributed by atoms with E-state index in [1.165, 1.54) is 11.1 Å². The van der Waals surface area contributed by atoms with Crippen LogP contribution < -0.4 is 11.1 Å². The molecule has 0 fully saturated rings. The summed E-state index contributed by atoms with van der Waals surface area (Å²) in [4.78, 5) is 0. The monoisotopic (exact) mass is 172 g/mol. The molecule has 0 radical (unpaired) electrons. The van der Waals surface area contributed by atoms with Crippen molar-refractivity contribution in [2.24, 2.45) is 5.73 Å². The molecule has 1 heterocycles. The van der Waals surface area contributed by atoms with Crippen molar-refractivity contribution in [3.8, 4) is 0 Å². The lowest BCUT2D eigenvalue weighted by Gasteiger charge is -2.18. The Bertz CT molecular complexity index is 377. The van der Waals surface area contributed by atoms with Crippen LogP contribution in [0.2, 0.25) is 0 Å². The van der Waals surface area contributed by atoms with Gasteiger partial charge in [-0.15, -0.1) is 0 Å². The third-order valence-electron chi connectivity index (χ3n) is 2.17. The quantitative estimate of drug-likeness (QED) is 0.675. The summed E-state index contributed by atoms with van der Waals surface area (Å²) in [5, 5.41) is 3.21. The second-order valence-electron chi connectivity index (χ2n) is 3.14. The van der Waals surface area contributed by atoms with Gasteiger partial charge in [0.25, 0.3) is 0 Å². The number of hydrogen-bond donors (Lipinski definition) is 2. The van der Waals surface area contributed by atoms with E-state index in [9.17, 15) is 0 Å². The molecule has 0 bridgehead atoms. The minimum Gasteiger partial charge on any atom is -0.398 e. The highest BCUT2D eigenvalue weighted by Gasteiger charge is 2.08. The molecule has 1 aromatic rings. The largest absolute Gasteiger partial charge is 0.398 e. The van der Waals surface area contributed by atoms with Crippen LogP contribution in [0.5, 0.6) is 0 Å². The lowest BCUT2D eigenvalue weighted by molar-refractivity contribution is 0.808. The molecule has 0 atom stereocenters. The van der Waals surface area contributed by atoms with E-state index in [-0.39, 0.29) is 0 Å². The lowest BCUT2D eigenvalue weighted by atomic mass is 10.0. The van der Waals surface area contributed by atoms with Crippen LogP contribution in [0.1, 0.15) is 11.1 Å². The SMILES string of the molecule is C=C(N)C1=Cc2ccccc2CN1. The molecule has 1 aliphatic heterocycles. The fraction of sp³-hybridized carbons (Fsp3) is 0.0909. The van der Waals surface area contributed by atoms with Gasteiger partial charge in [-0.05, 0) is 17.2 Å². The Morgan fingerprint density at radius 1 is 1.38 bits per heavy atom.